The molecule has 1 rings (SSSR count). The molecular weight excluding hydrogens is 190 g/mol. The summed E-state index contributed by atoms with van der Waals surface area (Å²) < 4.78 is 26.7. The highest BCUT2D eigenvalue weighted by Crippen LogP contribution is 2.27. The van der Waals surface area contributed by atoms with Crippen molar-refractivity contribution in [1.29, 1.82) is 0 Å². The molecule has 0 bridgehead atoms. The minimum atomic E-state index is -2.86. The number of hydrogen-bond donors (Lipinski definition) is 1. The number of piperidine rings is 1. The number of likely N-dealkylation sites (tertiary alicyclic amines) is 1. The van der Waals surface area contributed by atoms with Gasteiger partial charge >= 0.3 is 0 Å². The van der Waals surface area contributed by atoms with E-state index in [1.165, 1.54) is 7.05 Å². The molecule has 14 heavy (non-hydrogen) atoms. The van der Waals surface area contributed by atoms with Gasteiger partial charge in [0.1, 0.15) is 0 Å². The Labute approximate surface area is 81.8 Å². The Morgan fingerprint density at radius 1 is 1.71 bits per heavy atom. The fourth-order valence-corrected chi connectivity index (χ4v) is 1.61. The van der Waals surface area contributed by atoms with Crippen molar-refractivity contribution in [2.45, 2.75) is 18.4 Å². The second-order valence-electron chi connectivity index (χ2n) is 3.35. The maximum Gasteiger partial charge on any atom is 0.280 e. The molecule has 0 spiro atoms. The minimum absolute atomic E-state index is 0.267. The van der Waals surface area contributed by atoms with Crippen molar-refractivity contribution in [2.75, 3.05) is 20.1 Å². The van der Waals surface area contributed by atoms with Crippen LogP contribution >= 0.6 is 0 Å². The molecule has 0 aliphatic carbocycles. The SMILES string of the molecule is C=CC(=O)N1CCC(NC)C(F)(F)C1. The van der Waals surface area contributed by atoms with Gasteiger partial charge in [0.25, 0.3) is 5.92 Å². The van der Waals surface area contributed by atoms with Gasteiger partial charge in [-0.2, -0.15) is 0 Å². The maximum atomic E-state index is 13.3. The van der Waals surface area contributed by atoms with E-state index in [4.69, 9.17) is 0 Å². The molecule has 0 aromatic carbocycles. The molecule has 80 valence electrons. The predicted octanol–water partition coefficient (Wildman–Crippen LogP) is 0.628. The summed E-state index contributed by atoms with van der Waals surface area (Å²) in [6, 6.07) is -0.837. The number of nitrogens with one attached hydrogen (secondary N) is 1. The predicted molar refractivity (Wildman–Crippen MR) is 49.2 cm³/mol. The third kappa shape index (κ3) is 2.09. The highest BCUT2D eigenvalue weighted by atomic mass is 19.3. The van der Waals surface area contributed by atoms with Crippen molar-refractivity contribution in [3.8, 4) is 0 Å². The Hall–Kier alpha value is -0.970. The highest BCUT2D eigenvalue weighted by Gasteiger charge is 2.44. The topological polar surface area (TPSA) is 32.3 Å². The van der Waals surface area contributed by atoms with E-state index in [0.29, 0.717) is 6.54 Å². The van der Waals surface area contributed by atoms with E-state index in [9.17, 15) is 13.6 Å². The van der Waals surface area contributed by atoms with E-state index in [-0.39, 0.29) is 6.42 Å². The molecule has 1 heterocycles. The first-order chi connectivity index (χ1) is 6.51. The Morgan fingerprint density at radius 2 is 2.36 bits per heavy atom. The summed E-state index contributed by atoms with van der Waals surface area (Å²) >= 11 is 0. The van der Waals surface area contributed by atoms with Crippen molar-refractivity contribution in [2.24, 2.45) is 0 Å². The smallest absolute Gasteiger partial charge is 0.280 e. The Balaban J connectivity index is 2.66. The van der Waals surface area contributed by atoms with Gasteiger partial charge < -0.3 is 10.2 Å². The molecule has 1 N–H and O–H groups in total. The molecule has 1 fully saturated rings. The number of alkyl halides is 2. The molecule has 1 unspecified atom stereocenters. The van der Waals surface area contributed by atoms with Gasteiger partial charge in [0.05, 0.1) is 12.6 Å². The van der Waals surface area contributed by atoms with Crippen molar-refractivity contribution in [3.05, 3.63) is 12.7 Å². The zero-order chi connectivity index (χ0) is 10.8. The van der Waals surface area contributed by atoms with Gasteiger partial charge in [-0.1, -0.05) is 6.58 Å². The normalized spacial score (nSPS) is 25.9. The second kappa shape index (κ2) is 4.04. The van der Waals surface area contributed by atoms with E-state index in [1.807, 2.05) is 0 Å². The molecule has 0 saturated carbocycles. The zero-order valence-corrected chi connectivity index (χ0v) is 8.09. The highest BCUT2D eigenvalue weighted by molar-refractivity contribution is 5.87. The molecule has 1 saturated heterocycles. The van der Waals surface area contributed by atoms with Crippen LogP contribution in [0, 0.1) is 0 Å². The van der Waals surface area contributed by atoms with E-state index >= 15 is 0 Å². The van der Waals surface area contributed by atoms with Crippen LogP contribution in [0.15, 0.2) is 12.7 Å². The maximum absolute atomic E-state index is 13.3. The fraction of sp³-hybridized carbons (Fsp3) is 0.667. The Morgan fingerprint density at radius 3 is 2.79 bits per heavy atom. The van der Waals surface area contributed by atoms with Crippen LogP contribution in [0.25, 0.3) is 0 Å². The lowest BCUT2D eigenvalue weighted by Gasteiger charge is -2.37. The average Bonchev–Trinajstić information content (AvgIpc) is 2.15. The molecule has 0 aromatic rings. The number of hydrogen-bond acceptors (Lipinski definition) is 2. The fourth-order valence-electron chi connectivity index (χ4n) is 1.61. The number of rotatable bonds is 2. The third-order valence-corrected chi connectivity index (χ3v) is 2.43. The van der Waals surface area contributed by atoms with Gasteiger partial charge in [-0.3, -0.25) is 4.79 Å². The van der Waals surface area contributed by atoms with Gasteiger partial charge in [-0.25, -0.2) is 8.78 Å². The van der Waals surface area contributed by atoms with Crippen molar-refractivity contribution >= 4 is 5.91 Å². The zero-order valence-electron chi connectivity index (χ0n) is 8.09. The number of halogens is 2. The largest absolute Gasteiger partial charge is 0.333 e. The van der Waals surface area contributed by atoms with Crippen LogP contribution in [0.3, 0.4) is 0 Å². The first kappa shape index (κ1) is 11.1. The lowest BCUT2D eigenvalue weighted by atomic mass is 10.0. The van der Waals surface area contributed by atoms with Crippen LogP contribution in [-0.4, -0.2) is 42.9 Å². The van der Waals surface area contributed by atoms with E-state index in [2.05, 4.69) is 11.9 Å². The molecule has 5 heteroatoms. The average molecular weight is 204 g/mol. The van der Waals surface area contributed by atoms with Crippen LogP contribution in [0.1, 0.15) is 6.42 Å². The molecule has 1 amide bonds. The molecule has 0 aromatic heterocycles. The summed E-state index contributed by atoms with van der Waals surface area (Å²) in [6.07, 6.45) is 1.33. The monoisotopic (exact) mass is 204 g/mol. The second-order valence-corrected chi connectivity index (χ2v) is 3.35. The van der Waals surface area contributed by atoms with Crippen LogP contribution in [0.4, 0.5) is 8.78 Å². The summed E-state index contributed by atoms with van der Waals surface area (Å²) in [5.41, 5.74) is 0. The summed E-state index contributed by atoms with van der Waals surface area (Å²) in [6.45, 7) is 3.10. The molecular formula is C9H14F2N2O. The number of carbonyl (C=O) groups is 1. The molecule has 3 nitrogen and oxygen atoms in total. The van der Waals surface area contributed by atoms with Gasteiger partial charge in [-0.15, -0.1) is 0 Å². The lowest BCUT2D eigenvalue weighted by molar-refractivity contribution is -0.140. The summed E-state index contributed by atoms with van der Waals surface area (Å²) in [5.74, 6) is -3.29. The van der Waals surface area contributed by atoms with Gasteiger partial charge in [0.2, 0.25) is 5.91 Å². The molecule has 1 atom stereocenters. The number of nitrogens with zero attached hydrogens (tertiary/aromatic N) is 1. The number of amides is 1. The van der Waals surface area contributed by atoms with E-state index in [1.54, 1.807) is 0 Å². The van der Waals surface area contributed by atoms with Crippen LogP contribution in [0.2, 0.25) is 0 Å². The first-order valence-corrected chi connectivity index (χ1v) is 4.47. The van der Waals surface area contributed by atoms with Crippen LogP contribution in [0.5, 0.6) is 0 Å². The quantitative estimate of drug-likeness (QED) is 0.669. The first-order valence-electron chi connectivity index (χ1n) is 4.47. The Bertz CT molecular complexity index is 243. The van der Waals surface area contributed by atoms with Crippen molar-refractivity contribution in [3.63, 3.8) is 0 Å². The summed E-state index contributed by atoms with van der Waals surface area (Å²) in [7, 11) is 1.50. The van der Waals surface area contributed by atoms with E-state index < -0.39 is 24.4 Å². The third-order valence-electron chi connectivity index (χ3n) is 2.43. The van der Waals surface area contributed by atoms with Gasteiger partial charge in [0.15, 0.2) is 0 Å². The van der Waals surface area contributed by atoms with Crippen LogP contribution < -0.4 is 5.32 Å². The standard InChI is InChI=1S/C9H14F2N2O/c1-3-8(14)13-5-4-7(12-2)9(10,11)6-13/h3,7,12H,1,4-6H2,2H3. The van der Waals surface area contributed by atoms with Gasteiger partial charge in [0, 0.05) is 6.54 Å². The number of carbonyl (C=O) groups excluding carboxylic acids is 1. The summed E-state index contributed by atoms with van der Waals surface area (Å²) in [4.78, 5) is 12.2. The van der Waals surface area contributed by atoms with Crippen LogP contribution in [-0.2, 0) is 4.79 Å². The lowest BCUT2D eigenvalue weighted by Crippen LogP contribution is -2.57. The van der Waals surface area contributed by atoms with Gasteiger partial charge in [-0.05, 0) is 19.5 Å². The minimum Gasteiger partial charge on any atom is -0.333 e. The molecule has 1 aliphatic rings. The Kier molecular flexibility index (Phi) is 3.21. The van der Waals surface area contributed by atoms with Crippen molar-refractivity contribution in [1.82, 2.24) is 10.2 Å². The van der Waals surface area contributed by atoms with Crippen molar-refractivity contribution < 1.29 is 13.6 Å². The molecule has 1 aliphatic heterocycles. The summed E-state index contributed by atoms with van der Waals surface area (Å²) in [5, 5.41) is 2.56. The van der Waals surface area contributed by atoms with E-state index in [0.717, 1.165) is 11.0 Å². The molecule has 0 radical (unpaired) electrons.